The van der Waals surface area contributed by atoms with Gasteiger partial charge in [0, 0.05) is 5.38 Å². The van der Waals surface area contributed by atoms with Gasteiger partial charge in [-0.3, -0.25) is 0 Å². The number of aromatic nitrogens is 2. The summed E-state index contributed by atoms with van der Waals surface area (Å²) in [7, 11) is 0. The van der Waals surface area contributed by atoms with E-state index in [4.69, 9.17) is 0 Å². The second-order valence-electron chi connectivity index (χ2n) is 2.38. The van der Waals surface area contributed by atoms with Crippen LogP contribution in [0.5, 0.6) is 0 Å². The topological polar surface area (TPSA) is 25.8 Å². The van der Waals surface area contributed by atoms with Gasteiger partial charge < -0.3 is 0 Å². The molecule has 0 aliphatic heterocycles. The van der Waals surface area contributed by atoms with Crippen molar-refractivity contribution in [2.45, 2.75) is 5.03 Å². The highest BCUT2D eigenvalue weighted by Crippen LogP contribution is 1.99. The minimum atomic E-state index is 0.694. The standard InChI is InChI=1S/C8H8.C2H2N2S2/c1-2-8-6-4-3-5-7-8;5-2-1-6-4-3-2/h2-7H,1H2;1,5H. The van der Waals surface area contributed by atoms with Gasteiger partial charge >= 0.3 is 0 Å². The van der Waals surface area contributed by atoms with Crippen molar-refractivity contribution in [1.82, 2.24) is 9.59 Å². The molecule has 0 bridgehead atoms. The van der Waals surface area contributed by atoms with E-state index in [1.807, 2.05) is 36.4 Å². The summed E-state index contributed by atoms with van der Waals surface area (Å²) in [6.45, 7) is 3.63. The minimum Gasteiger partial charge on any atom is -0.132 e. The van der Waals surface area contributed by atoms with Gasteiger partial charge in [-0.1, -0.05) is 47.5 Å². The molecule has 0 unspecified atom stereocenters. The summed E-state index contributed by atoms with van der Waals surface area (Å²) in [6.07, 6.45) is 1.83. The Hall–Kier alpha value is -1.13. The van der Waals surface area contributed by atoms with E-state index >= 15 is 0 Å². The molecule has 0 atom stereocenters. The second-order valence-corrected chi connectivity index (χ2v) is 3.45. The van der Waals surface area contributed by atoms with Gasteiger partial charge in [-0.05, 0) is 17.1 Å². The summed E-state index contributed by atoms with van der Waals surface area (Å²) in [5.74, 6) is 0. The van der Waals surface area contributed by atoms with Crippen LogP contribution in [0.3, 0.4) is 0 Å². The van der Waals surface area contributed by atoms with Crippen molar-refractivity contribution in [1.29, 1.82) is 0 Å². The van der Waals surface area contributed by atoms with Gasteiger partial charge in [-0.25, -0.2) is 0 Å². The fourth-order valence-electron chi connectivity index (χ4n) is 0.749. The van der Waals surface area contributed by atoms with Crippen molar-refractivity contribution >= 4 is 30.2 Å². The van der Waals surface area contributed by atoms with E-state index in [0.717, 1.165) is 0 Å². The SMILES string of the molecule is C=Cc1ccccc1.Sc1csnn1. The molecule has 2 rings (SSSR count). The average Bonchev–Trinajstić information content (AvgIpc) is 2.71. The summed E-state index contributed by atoms with van der Waals surface area (Å²) >= 11 is 5.17. The summed E-state index contributed by atoms with van der Waals surface area (Å²) in [6, 6.07) is 10.0. The highest BCUT2D eigenvalue weighted by molar-refractivity contribution is 7.80. The van der Waals surface area contributed by atoms with Crippen molar-refractivity contribution < 1.29 is 0 Å². The summed E-state index contributed by atoms with van der Waals surface area (Å²) < 4.78 is 3.54. The Bertz CT molecular complexity index is 357. The molecule has 1 aromatic carbocycles. The normalized spacial score (nSPS) is 8.64. The van der Waals surface area contributed by atoms with Crippen molar-refractivity contribution in [3.8, 4) is 0 Å². The van der Waals surface area contributed by atoms with Gasteiger partial charge in [-0.15, -0.1) is 17.7 Å². The van der Waals surface area contributed by atoms with Gasteiger partial charge in [0.25, 0.3) is 0 Å². The molecule has 0 spiro atoms. The third-order valence-electron chi connectivity index (χ3n) is 1.38. The zero-order valence-electron chi connectivity index (χ0n) is 7.50. The fraction of sp³-hybridized carbons (Fsp3) is 0. The second kappa shape index (κ2) is 6.34. The Morgan fingerprint density at radius 2 is 2.00 bits per heavy atom. The lowest BCUT2D eigenvalue weighted by atomic mass is 10.2. The quantitative estimate of drug-likeness (QED) is 0.750. The van der Waals surface area contributed by atoms with E-state index in [1.165, 1.54) is 17.1 Å². The Morgan fingerprint density at radius 1 is 1.29 bits per heavy atom. The molecule has 0 aliphatic rings. The first-order valence-electron chi connectivity index (χ1n) is 3.96. The first-order chi connectivity index (χ1) is 6.83. The summed E-state index contributed by atoms with van der Waals surface area (Å²) in [5, 5.41) is 6.01. The highest BCUT2D eigenvalue weighted by atomic mass is 32.1. The third kappa shape index (κ3) is 4.20. The van der Waals surface area contributed by atoms with Crippen molar-refractivity contribution in [2.75, 3.05) is 0 Å². The molecule has 14 heavy (non-hydrogen) atoms. The molecule has 0 fully saturated rings. The Kier molecular flexibility index (Phi) is 4.96. The summed E-state index contributed by atoms with van der Waals surface area (Å²) in [4.78, 5) is 0. The smallest absolute Gasteiger partial charge is 0.128 e. The van der Waals surface area contributed by atoms with E-state index in [2.05, 4.69) is 28.8 Å². The van der Waals surface area contributed by atoms with Crippen LogP contribution in [-0.4, -0.2) is 9.59 Å². The number of nitrogens with zero attached hydrogens (tertiary/aromatic N) is 2. The lowest BCUT2D eigenvalue weighted by Gasteiger charge is -1.85. The Morgan fingerprint density at radius 3 is 2.29 bits per heavy atom. The average molecular weight is 222 g/mol. The van der Waals surface area contributed by atoms with Gasteiger partial charge in [0.2, 0.25) is 0 Å². The number of rotatable bonds is 1. The van der Waals surface area contributed by atoms with E-state index < -0.39 is 0 Å². The molecule has 0 N–H and O–H groups in total. The zero-order chi connectivity index (χ0) is 10.2. The molecule has 0 saturated carbocycles. The molecule has 2 aromatic rings. The maximum atomic E-state index is 3.87. The van der Waals surface area contributed by atoms with E-state index in [0.29, 0.717) is 5.03 Å². The molecular formula is C10H10N2S2. The fourth-order valence-corrected chi connectivity index (χ4v) is 1.32. The molecule has 0 amide bonds. The predicted octanol–water partition coefficient (Wildman–Crippen LogP) is 3.16. The molecule has 72 valence electrons. The minimum absolute atomic E-state index is 0.694. The number of thiol groups is 1. The van der Waals surface area contributed by atoms with Gasteiger partial charge in [0.1, 0.15) is 5.03 Å². The maximum absolute atomic E-state index is 3.87. The van der Waals surface area contributed by atoms with Gasteiger partial charge in [-0.2, -0.15) is 0 Å². The van der Waals surface area contributed by atoms with Crippen LogP contribution >= 0.6 is 24.2 Å². The zero-order valence-corrected chi connectivity index (χ0v) is 9.21. The maximum Gasteiger partial charge on any atom is 0.128 e. The van der Waals surface area contributed by atoms with Crippen LogP contribution in [0.2, 0.25) is 0 Å². The number of benzene rings is 1. The monoisotopic (exact) mass is 222 g/mol. The first kappa shape index (κ1) is 10.9. The van der Waals surface area contributed by atoms with E-state index in [-0.39, 0.29) is 0 Å². The van der Waals surface area contributed by atoms with Crippen molar-refractivity contribution in [2.24, 2.45) is 0 Å². The van der Waals surface area contributed by atoms with Crippen LogP contribution in [0, 0.1) is 0 Å². The van der Waals surface area contributed by atoms with Crippen LogP contribution in [0.1, 0.15) is 5.56 Å². The van der Waals surface area contributed by atoms with Crippen molar-refractivity contribution in [3.63, 3.8) is 0 Å². The highest BCUT2D eigenvalue weighted by Gasteiger charge is 1.79. The van der Waals surface area contributed by atoms with Crippen LogP contribution in [0.15, 0.2) is 47.3 Å². The molecule has 4 heteroatoms. The third-order valence-corrected chi connectivity index (χ3v) is 2.28. The van der Waals surface area contributed by atoms with E-state index in [1.54, 1.807) is 5.38 Å². The van der Waals surface area contributed by atoms with Gasteiger partial charge in [0.15, 0.2) is 0 Å². The summed E-state index contributed by atoms with van der Waals surface area (Å²) in [5.41, 5.74) is 1.17. The Balaban J connectivity index is 0.000000146. The lowest BCUT2D eigenvalue weighted by Crippen LogP contribution is -1.63. The van der Waals surface area contributed by atoms with E-state index in [9.17, 15) is 0 Å². The Labute approximate surface area is 92.9 Å². The number of hydrogen-bond donors (Lipinski definition) is 1. The molecule has 1 aromatic heterocycles. The molecule has 0 saturated heterocycles. The van der Waals surface area contributed by atoms with Crippen LogP contribution in [-0.2, 0) is 0 Å². The number of hydrogen-bond acceptors (Lipinski definition) is 4. The lowest BCUT2D eigenvalue weighted by molar-refractivity contribution is 1.04. The van der Waals surface area contributed by atoms with Crippen LogP contribution in [0.4, 0.5) is 0 Å². The van der Waals surface area contributed by atoms with Crippen LogP contribution < -0.4 is 0 Å². The molecule has 0 aliphatic carbocycles. The van der Waals surface area contributed by atoms with Crippen molar-refractivity contribution in [3.05, 3.63) is 47.9 Å². The first-order valence-corrected chi connectivity index (χ1v) is 5.25. The van der Waals surface area contributed by atoms with Gasteiger partial charge in [0.05, 0.1) is 0 Å². The van der Waals surface area contributed by atoms with Crippen LogP contribution in [0.25, 0.3) is 6.08 Å². The predicted molar refractivity (Wildman–Crippen MR) is 63.7 cm³/mol. The molecular weight excluding hydrogens is 212 g/mol. The molecule has 0 radical (unpaired) electrons. The molecule has 2 nitrogen and oxygen atoms in total. The largest absolute Gasteiger partial charge is 0.132 e. The molecule has 1 heterocycles.